The highest BCUT2D eigenvalue weighted by atomic mass is 16.5. The molecule has 2 aliphatic rings. The van der Waals surface area contributed by atoms with Crippen molar-refractivity contribution in [2.75, 3.05) is 7.11 Å². The molecule has 1 aliphatic carbocycles. The number of hydrogen-bond donors (Lipinski definition) is 2. The van der Waals surface area contributed by atoms with E-state index in [4.69, 9.17) is 4.74 Å². The number of methoxy groups -OCH3 is 1. The van der Waals surface area contributed by atoms with Crippen LogP contribution in [0.4, 0.5) is 0 Å². The van der Waals surface area contributed by atoms with E-state index in [0.29, 0.717) is 16.4 Å². The number of benzene rings is 2. The van der Waals surface area contributed by atoms with E-state index in [1.54, 1.807) is 24.4 Å². The maximum atomic E-state index is 12.4. The first kappa shape index (κ1) is 14.3. The summed E-state index contributed by atoms with van der Waals surface area (Å²) in [6.07, 6.45) is 1.57. The molecule has 5 nitrogen and oxygen atoms in total. The molecule has 118 valence electrons. The Morgan fingerprint density at radius 2 is 1.96 bits per heavy atom. The molecule has 0 amide bonds. The van der Waals surface area contributed by atoms with E-state index in [1.807, 2.05) is 30.3 Å². The third kappa shape index (κ3) is 2.10. The zero-order valence-electron chi connectivity index (χ0n) is 12.9. The molecule has 1 aliphatic heterocycles. The van der Waals surface area contributed by atoms with Crippen molar-refractivity contribution in [1.29, 1.82) is 0 Å². The fourth-order valence-electron chi connectivity index (χ4n) is 2.91. The molecule has 4 rings (SSSR count). The summed E-state index contributed by atoms with van der Waals surface area (Å²) in [7, 11) is 1.46. The molecule has 2 N–H and O–H groups in total. The smallest absolute Gasteiger partial charge is 0.246 e. The molecule has 1 aromatic carbocycles. The summed E-state index contributed by atoms with van der Waals surface area (Å²) in [5.74, 6) is 0.371. The normalized spacial score (nSPS) is 12.5. The van der Waals surface area contributed by atoms with Crippen molar-refractivity contribution in [3.05, 3.63) is 75.9 Å². The Labute approximate surface area is 137 Å². The second-order valence-corrected chi connectivity index (χ2v) is 5.48. The van der Waals surface area contributed by atoms with Crippen molar-refractivity contribution >= 4 is 16.8 Å². The molecule has 0 atom stereocenters. The third-order valence-corrected chi connectivity index (χ3v) is 4.06. The molecular weight excluding hydrogens is 304 g/mol. The van der Waals surface area contributed by atoms with Crippen LogP contribution in [-0.4, -0.2) is 22.2 Å². The minimum atomic E-state index is -0.243. The zero-order chi connectivity index (χ0) is 16.7. The van der Waals surface area contributed by atoms with Gasteiger partial charge in [-0.25, -0.2) is 0 Å². The lowest BCUT2D eigenvalue weighted by atomic mass is 10.00. The summed E-state index contributed by atoms with van der Waals surface area (Å²) >= 11 is 0. The number of aromatic nitrogens is 2. The second-order valence-electron chi connectivity index (χ2n) is 5.48. The summed E-state index contributed by atoms with van der Waals surface area (Å²) in [4.78, 5) is 19.7. The molecule has 0 unspecified atom stereocenters. The van der Waals surface area contributed by atoms with Gasteiger partial charge in [0.25, 0.3) is 0 Å². The van der Waals surface area contributed by atoms with E-state index < -0.39 is 0 Å². The van der Waals surface area contributed by atoms with Crippen LogP contribution in [0.5, 0.6) is 5.75 Å². The van der Waals surface area contributed by atoms with Crippen LogP contribution in [0, 0.1) is 0 Å². The van der Waals surface area contributed by atoms with Crippen LogP contribution in [0.1, 0.15) is 5.56 Å². The Morgan fingerprint density at radius 3 is 2.71 bits per heavy atom. The van der Waals surface area contributed by atoms with E-state index in [-0.39, 0.29) is 16.9 Å². The van der Waals surface area contributed by atoms with Crippen molar-refractivity contribution in [3.8, 4) is 16.9 Å². The van der Waals surface area contributed by atoms with Crippen LogP contribution in [-0.2, 0) is 0 Å². The van der Waals surface area contributed by atoms with E-state index >= 15 is 0 Å². The van der Waals surface area contributed by atoms with Gasteiger partial charge in [-0.15, -0.1) is 0 Å². The standard InChI is InChI=1S/C19H14N2O3/c1-24-15-10-12-9-14(18(22)11-5-3-2-4-6-11)21-13-7-8-20-17(16(12)13)19(15)23/h2-10,21-22H,1H3/b18-14+. The predicted octanol–water partition coefficient (Wildman–Crippen LogP) is 2.47. The lowest BCUT2D eigenvalue weighted by molar-refractivity contribution is 0.411. The van der Waals surface area contributed by atoms with Gasteiger partial charge in [-0.3, -0.25) is 9.78 Å². The quantitative estimate of drug-likeness (QED) is 0.595. The van der Waals surface area contributed by atoms with E-state index in [2.05, 4.69) is 9.97 Å². The first-order valence-electron chi connectivity index (χ1n) is 7.46. The van der Waals surface area contributed by atoms with Gasteiger partial charge < -0.3 is 14.8 Å². The monoisotopic (exact) mass is 318 g/mol. The van der Waals surface area contributed by atoms with Crippen LogP contribution < -0.4 is 15.5 Å². The van der Waals surface area contributed by atoms with Crippen molar-refractivity contribution in [1.82, 2.24) is 9.97 Å². The average molecular weight is 318 g/mol. The van der Waals surface area contributed by atoms with Gasteiger partial charge in [-0.05, 0) is 23.8 Å². The number of ether oxygens (including phenoxy) is 1. The number of hydrogen-bond acceptors (Lipinski definition) is 4. The largest absolute Gasteiger partial charge is 0.505 e. The van der Waals surface area contributed by atoms with Crippen molar-refractivity contribution in [3.63, 3.8) is 0 Å². The summed E-state index contributed by atoms with van der Waals surface area (Å²) < 4.78 is 5.17. The van der Waals surface area contributed by atoms with Crippen LogP contribution in [0.3, 0.4) is 0 Å². The Bertz CT molecular complexity index is 1120. The molecule has 5 heteroatoms. The number of aliphatic hydroxyl groups excluding tert-OH is 1. The summed E-state index contributed by atoms with van der Waals surface area (Å²) in [5, 5.41) is 11.1. The summed E-state index contributed by atoms with van der Waals surface area (Å²) in [6.45, 7) is 0. The summed E-state index contributed by atoms with van der Waals surface area (Å²) in [5.41, 5.74) is 3.05. The lowest BCUT2D eigenvalue weighted by Gasteiger charge is -2.13. The first-order chi connectivity index (χ1) is 11.7. The van der Waals surface area contributed by atoms with Gasteiger partial charge in [-0.1, -0.05) is 30.3 Å². The molecule has 0 radical (unpaired) electrons. The van der Waals surface area contributed by atoms with Crippen LogP contribution >= 0.6 is 0 Å². The van der Waals surface area contributed by atoms with Gasteiger partial charge in [0.2, 0.25) is 5.43 Å². The zero-order valence-corrected chi connectivity index (χ0v) is 12.9. The highest BCUT2D eigenvalue weighted by Gasteiger charge is 2.17. The second kappa shape index (κ2) is 5.38. The molecule has 1 aromatic heterocycles. The van der Waals surface area contributed by atoms with Gasteiger partial charge >= 0.3 is 0 Å². The SMILES string of the molecule is COc1cc2c/c(=C(\O)c3ccccc3)[nH]c3ccnc(c3-2)c1=O. The van der Waals surface area contributed by atoms with Gasteiger partial charge in [-0.2, -0.15) is 0 Å². The first-order valence-corrected chi connectivity index (χ1v) is 7.46. The Hall–Kier alpha value is -3.34. The van der Waals surface area contributed by atoms with Gasteiger partial charge in [0.1, 0.15) is 11.3 Å². The number of aliphatic hydroxyl groups is 1. The number of nitrogens with one attached hydrogen (secondary N) is 1. The van der Waals surface area contributed by atoms with Gasteiger partial charge in [0.15, 0.2) is 5.75 Å². The average Bonchev–Trinajstić information content (AvgIpc) is 2.64. The number of rotatable bonds is 2. The molecule has 0 spiro atoms. The lowest BCUT2D eigenvalue weighted by Crippen LogP contribution is -2.17. The molecule has 2 aromatic rings. The van der Waals surface area contributed by atoms with Crippen LogP contribution in [0.25, 0.3) is 27.9 Å². The fraction of sp³-hybridized carbons (Fsp3) is 0.0526. The van der Waals surface area contributed by atoms with Crippen LogP contribution in [0.2, 0.25) is 0 Å². The number of pyridine rings is 2. The number of H-pyrrole nitrogens is 1. The number of nitrogens with zero attached hydrogens (tertiary/aromatic N) is 1. The van der Waals surface area contributed by atoms with Crippen LogP contribution in [0.15, 0.2) is 59.5 Å². The topological polar surface area (TPSA) is 75.2 Å². The molecule has 0 saturated heterocycles. The molecule has 0 fully saturated rings. The van der Waals surface area contributed by atoms with Crippen molar-refractivity contribution in [2.24, 2.45) is 0 Å². The fourth-order valence-corrected chi connectivity index (χ4v) is 2.91. The third-order valence-electron chi connectivity index (χ3n) is 4.06. The van der Waals surface area contributed by atoms with E-state index in [1.165, 1.54) is 7.11 Å². The number of aromatic amines is 1. The Balaban J connectivity index is 2.14. The maximum Gasteiger partial charge on any atom is 0.246 e. The van der Waals surface area contributed by atoms with E-state index in [9.17, 15) is 9.90 Å². The highest BCUT2D eigenvalue weighted by Crippen LogP contribution is 2.29. The predicted molar refractivity (Wildman–Crippen MR) is 92.3 cm³/mol. The molecule has 0 bridgehead atoms. The molecular formula is C19H14N2O3. The minimum Gasteiger partial charge on any atom is -0.505 e. The molecule has 24 heavy (non-hydrogen) atoms. The maximum absolute atomic E-state index is 12.4. The minimum absolute atomic E-state index is 0.136. The molecule has 0 saturated carbocycles. The highest BCUT2D eigenvalue weighted by molar-refractivity contribution is 5.94. The van der Waals surface area contributed by atoms with Crippen molar-refractivity contribution in [2.45, 2.75) is 0 Å². The van der Waals surface area contributed by atoms with Gasteiger partial charge in [0, 0.05) is 17.3 Å². The Morgan fingerprint density at radius 1 is 1.17 bits per heavy atom. The van der Waals surface area contributed by atoms with Gasteiger partial charge in [0.05, 0.1) is 18.0 Å². The van der Waals surface area contributed by atoms with E-state index in [0.717, 1.165) is 16.6 Å². The molecule has 2 heterocycles. The van der Waals surface area contributed by atoms with Crippen molar-refractivity contribution < 1.29 is 9.84 Å². The Kier molecular flexibility index (Phi) is 3.20. The summed E-state index contributed by atoms with van der Waals surface area (Å²) in [6, 6.07) is 14.5.